The van der Waals surface area contributed by atoms with E-state index in [9.17, 15) is 19.2 Å². The predicted octanol–water partition coefficient (Wildman–Crippen LogP) is 1.06. The molecule has 7 N–H and O–H groups in total. The SMILES string of the molecule is NCOCCOCCOCCNc1cccc(NC(=O)NCCNc2ccc3c(c2)CN(C2CCC(=O)NC2=O)C3=O)c1. The van der Waals surface area contributed by atoms with Crippen molar-refractivity contribution in [1.82, 2.24) is 15.5 Å². The molecule has 0 saturated carbocycles. The van der Waals surface area contributed by atoms with E-state index in [0.717, 1.165) is 16.9 Å². The molecule has 1 fully saturated rings. The van der Waals surface area contributed by atoms with Crippen LogP contribution in [0.25, 0.3) is 0 Å². The van der Waals surface area contributed by atoms with E-state index in [2.05, 4.69) is 26.6 Å². The minimum atomic E-state index is -0.647. The second-order valence-electron chi connectivity index (χ2n) is 9.89. The molecule has 0 radical (unpaired) electrons. The molecule has 0 bridgehead atoms. The number of ether oxygens (including phenoxy) is 3. The van der Waals surface area contributed by atoms with Gasteiger partial charge in [0.05, 0.1) is 39.8 Å². The molecular formula is C29H39N7O7. The number of urea groups is 1. The number of carbonyl (C=O) groups excluding carboxylic acids is 4. The first-order chi connectivity index (χ1) is 20.9. The maximum absolute atomic E-state index is 12.8. The van der Waals surface area contributed by atoms with Crippen LogP contribution in [0.15, 0.2) is 42.5 Å². The molecule has 0 spiro atoms. The summed E-state index contributed by atoms with van der Waals surface area (Å²) >= 11 is 0. The number of benzene rings is 2. The number of nitrogens with zero attached hydrogens (tertiary/aromatic N) is 1. The molecule has 14 heteroatoms. The zero-order valence-corrected chi connectivity index (χ0v) is 24.0. The first-order valence-electron chi connectivity index (χ1n) is 14.3. The molecule has 2 heterocycles. The Hall–Kier alpha value is -4.24. The van der Waals surface area contributed by atoms with Crippen molar-refractivity contribution in [2.24, 2.45) is 5.73 Å². The Balaban J connectivity index is 1.11. The Kier molecular flexibility index (Phi) is 12.1. The summed E-state index contributed by atoms with van der Waals surface area (Å²) in [5, 5.41) is 14.4. The lowest BCUT2D eigenvalue weighted by Crippen LogP contribution is -2.52. The number of nitrogens with one attached hydrogen (secondary N) is 5. The third-order valence-corrected chi connectivity index (χ3v) is 6.82. The lowest BCUT2D eigenvalue weighted by Gasteiger charge is -2.29. The Labute approximate surface area is 250 Å². The quantitative estimate of drug-likeness (QED) is 0.0875. The monoisotopic (exact) mass is 597 g/mol. The number of rotatable bonds is 17. The zero-order valence-electron chi connectivity index (χ0n) is 24.0. The Morgan fingerprint density at radius 1 is 0.884 bits per heavy atom. The second kappa shape index (κ2) is 16.4. The highest BCUT2D eigenvalue weighted by Gasteiger charge is 2.39. The smallest absolute Gasteiger partial charge is 0.319 e. The maximum Gasteiger partial charge on any atom is 0.319 e. The van der Waals surface area contributed by atoms with E-state index in [1.54, 1.807) is 18.2 Å². The highest BCUT2D eigenvalue weighted by atomic mass is 16.5. The molecule has 2 aliphatic heterocycles. The molecule has 232 valence electrons. The minimum Gasteiger partial charge on any atom is -0.383 e. The van der Waals surface area contributed by atoms with Crippen molar-refractivity contribution in [2.75, 3.05) is 75.3 Å². The zero-order chi connectivity index (χ0) is 30.4. The molecule has 1 saturated heterocycles. The average Bonchev–Trinajstić information content (AvgIpc) is 3.31. The number of anilines is 3. The molecule has 5 amide bonds. The van der Waals surface area contributed by atoms with E-state index in [0.29, 0.717) is 76.9 Å². The summed E-state index contributed by atoms with van der Waals surface area (Å²) in [4.78, 5) is 50.4. The van der Waals surface area contributed by atoms with Crippen LogP contribution in [-0.2, 0) is 30.3 Å². The van der Waals surface area contributed by atoms with Gasteiger partial charge in [-0.15, -0.1) is 0 Å². The van der Waals surface area contributed by atoms with Gasteiger partial charge in [-0.05, 0) is 48.4 Å². The maximum atomic E-state index is 12.8. The van der Waals surface area contributed by atoms with Crippen LogP contribution in [0.4, 0.5) is 21.9 Å². The van der Waals surface area contributed by atoms with E-state index in [-0.39, 0.29) is 31.0 Å². The molecule has 0 aliphatic carbocycles. The molecule has 4 rings (SSSR count). The molecule has 1 unspecified atom stereocenters. The molecule has 1 atom stereocenters. The van der Waals surface area contributed by atoms with Gasteiger partial charge in [0.2, 0.25) is 11.8 Å². The van der Waals surface area contributed by atoms with Gasteiger partial charge in [0, 0.05) is 55.2 Å². The lowest BCUT2D eigenvalue weighted by molar-refractivity contribution is -0.136. The van der Waals surface area contributed by atoms with Crippen molar-refractivity contribution in [1.29, 1.82) is 0 Å². The largest absolute Gasteiger partial charge is 0.383 e. The van der Waals surface area contributed by atoms with Gasteiger partial charge in [0.25, 0.3) is 5.91 Å². The minimum absolute atomic E-state index is 0.185. The van der Waals surface area contributed by atoms with Gasteiger partial charge in [-0.1, -0.05) is 6.07 Å². The van der Waals surface area contributed by atoms with Gasteiger partial charge in [-0.25, -0.2) is 4.79 Å². The van der Waals surface area contributed by atoms with Gasteiger partial charge >= 0.3 is 6.03 Å². The van der Waals surface area contributed by atoms with Crippen molar-refractivity contribution >= 4 is 40.8 Å². The number of carbonyl (C=O) groups is 4. The molecule has 43 heavy (non-hydrogen) atoms. The summed E-state index contributed by atoms with van der Waals surface area (Å²) in [6.07, 6.45) is 0.537. The number of piperidine rings is 1. The van der Waals surface area contributed by atoms with Crippen LogP contribution < -0.4 is 32.3 Å². The molecule has 14 nitrogen and oxygen atoms in total. The number of imide groups is 1. The second-order valence-corrected chi connectivity index (χ2v) is 9.89. The van der Waals surface area contributed by atoms with Gasteiger partial charge in [0.15, 0.2) is 0 Å². The Morgan fingerprint density at radius 3 is 2.40 bits per heavy atom. The van der Waals surface area contributed by atoms with Crippen LogP contribution in [0, 0.1) is 0 Å². The number of hydrogen-bond acceptors (Lipinski definition) is 10. The topological polar surface area (TPSA) is 185 Å². The van der Waals surface area contributed by atoms with Crippen molar-refractivity contribution < 1.29 is 33.4 Å². The molecular weight excluding hydrogens is 558 g/mol. The van der Waals surface area contributed by atoms with Crippen LogP contribution in [-0.4, -0.2) is 94.1 Å². The number of hydrogen-bond donors (Lipinski definition) is 6. The fourth-order valence-electron chi connectivity index (χ4n) is 4.74. The van der Waals surface area contributed by atoms with E-state index in [1.165, 1.54) is 4.90 Å². The van der Waals surface area contributed by atoms with Crippen LogP contribution in [0.1, 0.15) is 28.8 Å². The van der Waals surface area contributed by atoms with Crippen LogP contribution in [0.2, 0.25) is 0 Å². The summed E-state index contributed by atoms with van der Waals surface area (Å²) in [6.45, 7) is 4.34. The molecule has 0 aromatic heterocycles. The molecule has 2 aliphatic rings. The van der Waals surface area contributed by atoms with Gasteiger partial charge in [0.1, 0.15) is 6.04 Å². The van der Waals surface area contributed by atoms with Crippen molar-refractivity contribution in [3.05, 3.63) is 53.6 Å². The predicted molar refractivity (Wildman–Crippen MR) is 160 cm³/mol. The number of nitrogens with two attached hydrogens (primary N) is 1. The normalized spacial score (nSPS) is 16.1. The third-order valence-electron chi connectivity index (χ3n) is 6.82. The van der Waals surface area contributed by atoms with E-state index < -0.39 is 11.9 Å². The summed E-state index contributed by atoms with van der Waals surface area (Å²) in [5.41, 5.74) is 8.88. The fourth-order valence-corrected chi connectivity index (χ4v) is 4.74. The van der Waals surface area contributed by atoms with Crippen molar-refractivity contribution in [2.45, 2.75) is 25.4 Å². The Morgan fingerprint density at radius 2 is 1.60 bits per heavy atom. The lowest BCUT2D eigenvalue weighted by atomic mass is 10.0. The average molecular weight is 598 g/mol. The van der Waals surface area contributed by atoms with Crippen LogP contribution >= 0.6 is 0 Å². The van der Waals surface area contributed by atoms with E-state index in [4.69, 9.17) is 19.9 Å². The van der Waals surface area contributed by atoms with Gasteiger partial charge in [-0.3, -0.25) is 19.7 Å². The fraction of sp³-hybridized carbons (Fsp3) is 0.448. The standard InChI is InChI=1S/C29H39N7O7/c30-19-43-15-14-42-13-12-41-11-10-32-21-2-1-3-23(17-21)34-29(40)33-9-8-31-22-4-5-24-20(16-22)18-36(28(24)39)25-6-7-26(37)35-27(25)38/h1-5,16-17,25,31-32H,6-15,18-19,30H2,(H2,33,34,40)(H,35,37,38). The van der Waals surface area contributed by atoms with Gasteiger partial charge < -0.3 is 46.1 Å². The molecule has 2 aromatic rings. The highest BCUT2D eigenvalue weighted by Crippen LogP contribution is 2.29. The number of fused-ring (bicyclic) bond motifs is 1. The summed E-state index contributed by atoms with van der Waals surface area (Å²) in [7, 11) is 0. The van der Waals surface area contributed by atoms with Crippen molar-refractivity contribution in [3.8, 4) is 0 Å². The van der Waals surface area contributed by atoms with Crippen molar-refractivity contribution in [3.63, 3.8) is 0 Å². The van der Waals surface area contributed by atoms with E-state index in [1.807, 2.05) is 24.3 Å². The molecule has 2 aromatic carbocycles. The van der Waals surface area contributed by atoms with E-state index >= 15 is 0 Å². The first kappa shape index (κ1) is 31.7. The Bertz CT molecular complexity index is 1280. The summed E-state index contributed by atoms with van der Waals surface area (Å²) < 4.78 is 15.9. The van der Waals surface area contributed by atoms with Crippen LogP contribution in [0.3, 0.4) is 0 Å². The summed E-state index contributed by atoms with van der Waals surface area (Å²) in [5.74, 6) is -0.961. The van der Waals surface area contributed by atoms with Gasteiger partial charge in [-0.2, -0.15) is 0 Å². The van der Waals surface area contributed by atoms with Crippen LogP contribution in [0.5, 0.6) is 0 Å². The highest BCUT2D eigenvalue weighted by molar-refractivity contribution is 6.05. The third kappa shape index (κ3) is 9.64. The first-order valence-corrected chi connectivity index (χ1v) is 14.3. The number of amides is 5. The summed E-state index contributed by atoms with van der Waals surface area (Å²) in [6, 6.07) is 11.8.